The summed E-state index contributed by atoms with van der Waals surface area (Å²) in [5, 5.41) is 2.61. The van der Waals surface area contributed by atoms with Crippen LogP contribution in [0.1, 0.15) is 18.9 Å². The highest BCUT2D eigenvalue weighted by Crippen LogP contribution is 2.20. The first kappa shape index (κ1) is 25.4. The summed E-state index contributed by atoms with van der Waals surface area (Å²) in [4.78, 5) is 27.5. The molecule has 32 heavy (non-hydrogen) atoms. The Labute approximate surface area is 191 Å². The summed E-state index contributed by atoms with van der Waals surface area (Å²) in [5.41, 5.74) is 1.41. The lowest BCUT2D eigenvalue weighted by Crippen LogP contribution is -2.53. The van der Waals surface area contributed by atoms with Crippen molar-refractivity contribution in [3.05, 3.63) is 66.2 Å². The molecule has 1 atom stereocenters. The zero-order valence-electron chi connectivity index (χ0n) is 19.1. The second-order valence-electron chi connectivity index (χ2n) is 7.49. The van der Waals surface area contributed by atoms with Crippen molar-refractivity contribution >= 4 is 27.7 Å². The maximum absolute atomic E-state index is 13.5. The second-order valence-corrected chi connectivity index (χ2v) is 9.56. The minimum Gasteiger partial charge on any atom is -0.357 e. The number of nitrogens with one attached hydrogen (secondary N) is 1. The van der Waals surface area contributed by atoms with Gasteiger partial charge in [0.15, 0.2) is 0 Å². The largest absolute Gasteiger partial charge is 0.357 e. The summed E-state index contributed by atoms with van der Waals surface area (Å²) in [7, 11) is 0.436. The molecule has 0 bridgehead atoms. The molecule has 0 saturated carbocycles. The predicted octanol–water partition coefficient (Wildman–Crippen LogP) is 1.90. The van der Waals surface area contributed by atoms with Crippen molar-refractivity contribution in [3.63, 3.8) is 0 Å². The normalized spacial score (nSPS) is 12.3. The first-order valence-electron chi connectivity index (χ1n) is 10.5. The van der Waals surface area contributed by atoms with Crippen LogP contribution in [-0.2, 0) is 26.2 Å². The lowest BCUT2D eigenvalue weighted by atomic mass is 10.1. The van der Waals surface area contributed by atoms with Gasteiger partial charge in [-0.15, -0.1) is 0 Å². The third kappa shape index (κ3) is 6.30. The molecule has 2 amide bonds. The molecule has 2 aromatic carbocycles. The van der Waals surface area contributed by atoms with Crippen LogP contribution >= 0.6 is 0 Å². The van der Waals surface area contributed by atoms with Crippen molar-refractivity contribution in [2.45, 2.75) is 25.8 Å². The fourth-order valence-corrected chi connectivity index (χ4v) is 4.43. The Morgan fingerprint density at radius 3 is 2.03 bits per heavy atom. The SMILES string of the molecule is CC[C@H](C(=O)NC)N(CCc1ccccc1)C(=O)CN(c1ccccc1)S(=O)(=O)N(C)C. The Morgan fingerprint density at radius 1 is 0.969 bits per heavy atom. The monoisotopic (exact) mass is 460 g/mol. The quantitative estimate of drug-likeness (QED) is 0.555. The molecule has 2 aromatic rings. The standard InChI is InChI=1S/C23H32N4O4S/c1-5-21(23(29)24-2)26(17-16-19-12-8-6-9-13-19)22(28)18-27(32(30,31)25(3)4)20-14-10-7-11-15-20/h6-15,21H,5,16-18H2,1-4H3,(H,24,29)/t21-/m1/s1. The molecule has 0 saturated heterocycles. The summed E-state index contributed by atoms with van der Waals surface area (Å²) < 4.78 is 28.1. The van der Waals surface area contributed by atoms with Gasteiger partial charge in [-0.1, -0.05) is 55.5 Å². The molecule has 174 valence electrons. The van der Waals surface area contributed by atoms with E-state index in [2.05, 4.69) is 5.32 Å². The van der Waals surface area contributed by atoms with Crippen LogP contribution in [0.2, 0.25) is 0 Å². The zero-order valence-corrected chi connectivity index (χ0v) is 19.9. The number of likely N-dealkylation sites (N-methyl/N-ethyl adjacent to an activating group) is 1. The number of hydrogen-bond donors (Lipinski definition) is 1. The van der Waals surface area contributed by atoms with Gasteiger partial charge in [0, 0.05) is 27.7 Å². The molecule has 0 fully saturated rings. The fraction of sp³-hybridized carbons (Fsp3) is 0.391. The summed E-state index contributed by atoms with van der Waals surface area (Å²) in [5.74, 6) is -0.721. The van der Waals surface area contributed by atoms with Gasteiger partial charge in [0.2, 0.25) is 11.8 Å². The Balaban J connectivity index is 2.37. The first-order valence-corrected chi connectivity index (χ1v) is 11.9. The summed E-state index contributed by atoms with van der Waals surface area (Å²) in [6, 6.07) is 17.4. The number of carbonyl (C=O) groups excluding carboxylic acids is 2. The van der Waals surface area contributed by atoms with Crippen LogP contribution in [0.4, 0.5) is 5.69 Å². The van der Waals surface area contributed by atoms with Crippen LogP contribution in [-0.4, -0.2) is 69.7 Å². The fourth-order valence-electron chi connectivity index (χ4n) is 3.37. The van der Waals surface area contributed by atoms with E-state index in [1.807, 2.05) is 37.3 Å². The van der Waals surface area contributed by atoms with E-state index in [1.54, 1.807) is 30.3 Å². The van der Waals surface area contributed by atoms with E-state index < -0.39 is 28.7 Å². The van der Waals surface area contributed by atoms with Gasteiger partial charge in [-0.05, 0) is 30.5 Å². The molecule has 0 aliphatic carbocycles. The van der Waals surface area contributed by atoms with Gasteiger partial charge < -0.3 is 10.2 Å². The van der Waals surface area contributed by atoms with Crippen LogP contribution in [0.3, 0.4) is 0 Å². The Bertz CT molecular complexity index is 982. The number of para-hydroxylation sites is 1. The molecule has 0 aliphatic heterocycles. The number of rotatable bonds is 11. The van der Waals surface area contributed by atoms with Crippen molar-refractivity contribution < 1.29 is 18.0 Å². The number of nitrogens with zero attached hydrogens (tertiary/aromatic N) is 3. The average molecular weight is 461 g/mol. The maximum atomic E-state index is 13.5. The van der Waals surface area contributed by atoms with E-state index in [0.717, 1.165) is 14.2 Å². The smallest absolute Gasteiger partial charge is 0.304 e. The van der Waals surface area contributed by atoms with Crippen LogP contribution in [0.15, 0.2) is 60.7 Å². The third-order valence-electron chi connectivity index (χ3n) is 5.18. The molecular weight excluding hydrogens is 428 g/mol. The Hall–Kier alpha value is -2.91. The molecule has 8 nitrogen and oxygen atoms in total. The molecule has 0 spiro atoms. The van der Waals surface area contributed by atoms with E-state index in [1.165, 1.54) is 26.0 Å². The highest BCUT2D eigenvalue weighted by molar-refractivity contribution is 7.90. The van der Waals surface area contributed by atoms with E-state index >= 15 is 0 Å². The maximum Gasteiger partial charge on any atom is 0.304 e. The van der Waals surface area contributed by atoms with Crippen LogP contribution in [0.5, 0.6) is 0 Å². The number of amides is 2. The zero-order chi connectivity index (χ0) is 23.7. The highest BCUT2D eigenvalue weighted by atomic mass is 32.2. The van der Waals surface area contributed by atoms with E-state index in [4.69, 9.17) is 0 Å². The lowest BCUT2D eigenvalue weighted by Gasteiger charge is -2.33. The lowest BCUT2D eigenvalue weighted by molar-refractivity contribution is -0.139. The van der Waals surface area contributed by atoms with Gasteiger partial charge in [-0.3, -0.25) is 9.59 Å². The molecule has 0 aliphatic rings. The van der Waals surface area contributed by atoms with Crippen molar-refractivity contribution in [3.8, 4) is 0 Å². The first-order chi connectivity index (χ1) is 15.2. The van der Waals surface area contributed by atoms with Crippen molar-refractivity contribution in [1.82, 2.24) is 14.5 Å². The van der Waals surface area contributed by atoms with Crippen LogP contribution in [0, 0.1) is 0 Å². The summed E-state index contributed by atoms with van der Waals surface area (Å²) in [6.07, 6.45) is 0.956. The van der Waals surface area contributed by atoms with Crippen molar-refractivity contribution in [1.29, 1.82) is 0 Å². The molecule has 0 aromatic heterocycles. The summed E-state index contributed by atoms with van der Waals surface area (Å²) in [6.45, 7) is 1.71. The topological polar surface area (TPSA) is 90.0 Å². The number of carbonyl (C=O) groups is 2. The average Bonchev–Trinajstić information content (AvgIpc) is 2.80. The van der Waals surface area contributed by atoms with Gasteiger partial charge in [-0.2, -0.15) is 12.7 Å². The van der Waals surface area contributed by atoms with Crippen molar-refractivity contribution in [2.75, 3.05) is 38.5 Å². The molecule has 2 rings (SSSR count). The van der Waals surface area contributed by atoms with Crippen LogP contribution < -0.4 is 9.62 Å². The van der Waals surface area contributed by atoms with E-state index in [0.29, 0.717) is 25.1 Å². The van der Waals surface area contributed by atoms with Gasteiger partial charge >= 0.3 is 10.2 Å². The molecule has 0 heterocycles. The molecular formula is C23H32N4O4S. The van der Waals surface area contributed by atoms with Gasteiger partial charge in [0.1, 0.15) is 12.6 Å². The highest BCUT2D eigenvalue weighted by Gasteiger charge is 2.33. The van der Waals surface area contributed by atoms with Gasteiger partial charge in [0.05, 0.1) is 5.69 Å². The Morgan fingerprint density at radius 2 is 1.53 bits per heavy atom. The van der Waals surface area contributed by atoms with Gasteiger partial charge in [0.25, 0.3) is 0 Å². The number of benzene rings is 2. The molecule has 9 heteroatoms. The van der Waals surface area contributed by atoms with Gasteiger partial charge in [-0.25, -0.2) is 4.31 Å². The van der Waals surface area contributed by atoms with E-state index in [-0.39, 0.29) is 5.91 Å². The van der Waals surface area contributed by atoms with E-state index in [9.17, 15) is 18.0 Å². The van der Waals surface area contributed by atoms with Crippen molar-refractivity contribution in [2.24, 2.45) is 0 Å². The minimum absolute atomic E-state index is 0.282. The Kier molecular flexibility index (Phi) is 9.22. The minimum atomic E-state index is -3.93. The predicted molar refractivity (Wildman–Crippen MR) is 126 cm³/mol. The van der Waals surface area contributed by atoms with Crippen LogP contribution in [0.25, 0.3) is 0 Å². The summed E-state index contributed by atoms with van der Waals surface area (Å²) >= 11 is 0. The molecule has 1 N–H and O–H groups in total. The number of anilines is 1. The molecule has 0 unspecified atom stereocenters. The molecule has 0 radical (unpaired) electrons. The number of hydrogen-bond acceptors (Lipinski definition) is 4. The second kappa shape index (κ2) is 11.6. The third-order valence-corrected chi connectivity index (χ3v) is 7.00.